The molecule has 1 heterocycles. The van der Waals surface area contributed by atoms with Crippen LogP contribution < -0.4 is 4.74 Å². The number of rotatable bonds is 2. The molecule has 0 spiro atoms. The molecule has 0 amide bonds. The van der Waals surface area contributed by atoms with Crippen LogP contribution in [0.15, 0.2) is 24.3 Å². The van der Waals surface area contributed by atoms with Crippen LogP contribution in [0.3, 0.4) is 0 Å². The van der Waals surface area contributed by atoms with Crippen LogP contribution in [-0.4, -0.2) is 46.0 Å². The monoisotopic (exact) mass is 274 g/mol. The van der Waals surface area contributed by atoms with E-state index in [2.05, 4.69) is 0 Å². The fourth-order valence-corrected chi connectivity index (χ4v) is 1.88. The van der Waals surface area contributed by atoms with Gasteiger partial charge in [0.1, 0.15) is 24.1 Å². The molecule has 5 nitrogen and oxygen atoms in total. The smallest absolute Gasteiger partial charge is 0.229 e. The highest BCUT2D eigenvalue weighted by atomic mass is 35.5. The van der Waals surface area contributed by atoms with Crippen molar-refractivity contribution in [2.75, 3.05) is 0 Å². The molecule has 5 atom stereocenters. The Kier molecular flexibility index (Phi) is 4.09. The molecule has 1 aromatic carbocycles. The second kappa shape index (κ2) is 5.42. The standard InChI is InChI=1S/C12H15ClO5/c1-6-9(14)10(15)11(16)12(17-6)18-8-4-2-7(13)3-5-8/h2-6,9-12,14-16H,1H3/t6-,9-,10+,11+,12+/m0/s1. The van der Waals surface area contributed by atoms with Crippen molar-refractivity contribution in [1.29, 1.82) is 0 Å². The fraction of sp³-hybridized carbons (Fsp3) is 0.500. The minimum Gasteiger partial charge on any atom is -0.462 e. The summed E-state index contributed by atoms with van der Waals surface area (Å²) in [5.41, 5.74) is 0. The van der Waals surface area contributed by atoms with Crippen molar-refractivity contribution in [2.45, 2.75) is 37.6 Å². The van der Waals surface area contributed by atoms with Gasteiger partial charge in [0.05, 0.1) is 6.10 Å². The van der Waals surface area contributed by atoms with Gasteiger partial charge in [0.15, 0.2) is 0 Å². The van der Waals surface area contributed by atoms with E-state index >= 15 is 0 Å². The summed E-state index contributed by atoms with van der Waals surface area (Å²) in [7, 11) is 0. The molecule has 0 aromatic heterocycles. The molecule has 18 heavy (non-hydrogen) atoms. The van der Waals surface area contributed by atoms with E-state index in [0.717, 1.165) is 0 Å². The lowest BCUT2D eigenvalue weighted by atomic mass is 10.00. The van der Waals surface area contributed by atoms with Crippen LogP contribution in [0.5, 0.6) is 5.75 Å². The van der Waals surface area contributed by atoms with Gasteiger partial charge in [-0.3, -0.25) is 0 Å². The van der Waals surface area contributed by atoms with Gasteiger partial charge in [-0.05, 0) is 31.2 Å². The molecule has 1 fully saturated rings. The summed E-state index contributed by atoms with van der Waals surface area (Å²) < 4.78 is 10.7. The highest BCUT2D eigenvalue weighted by Gasteiger charge is 2.43. The quantitative estimate of drug-likeness (QED) is 0.734. The maximum atomic E-state index is 9.76. The third kappa shape index (κ3) is 2.76. The maximum absolute atomic E-state index is 9.76. The van der Waals surface area contributed by atoms with Gasteiger partial charge in [-0.15, -0.1) is 0 Å². The van der Waals surface area contributed by atoms with E-state index in [1.807, 2.05) is 0 Å². The molecule has 6 heteroatoms. The van der Waals surface area contributed by atoms with Crippen LogP contribution in [0, 0.1) is 0 Å². The molecule has 1 aliphatic heterocycles. The number of benzene rings is 1. The van der Waals surface area contributed by atoms with Crippen LogP contribution in [0.2, 0.25) is 5.02 Å². The van der Waals surface area contributed by atoms with E-state index in [-0.39, 0.29) is 0 Å². The predicted molar refractivity (Wildman–Crippen MR) is 64.4 cm³/mol. The number of halogens is 1. The first kappa shape index (κ1) is 13.6. The first-order valence-electron chi connectivity index (χ1n) is 5.61. The Morgan fingerprint density at radius 3 is 2.28 bits per heavy atom. The molecule has 100 valence electrons. The summed E-state index contributed by atoms with van der Waals surface area (Å²) >= 11 is 5.74. The second-order valence-electron chi connectivity index (χ2n) is 4.25. The molecule has 2 rings (SSSR count). The molecule has 1 aromatic rings. The maximum Gasteiger partial charge on any atom is 0.229 e. The Balaban J connectivity index is 2.06. The van der Waals surface area contributed by atoms with Crippen LogP contribution in [0.25, 0.3) is 0 Å². The molecular weight excluding hydrogens is 260 g/mol. The molecule has 3 N–H and O–H groups in total. The fourth-order valence-electron chi connectivity index (χ4n) is 1.76. The largest absolute Gasteiger partial charge is 0.462 e. The topological polar surface area (TPSA) is 79.2 Å². The number of hydrogen-bond acceptors (Lipinski definition) is 5. The Morgan fingerprint density at radius 2 is 1.67 bits per heavy atom. The summed E-state index contributed by atoms with van der Waals surface area (Å²) in [6, 6.07) is 6.53. The summed E-state index contributed by atoms with van der Waals surface area (Å²) in [6.07, 6.45) is -5.40. The van der Waals surface area contributed by atoms with Gasteiger partial charge < -0.3 is 24.8 Å². The molecule has 0 saturated carbocycles. The summed E-state index contributed by atoms with van der Waals surface area (Å²) in [4.78, 5) is 0. The third-order valence-corrected chi connectivity index (χ3v) is 3.13. The van der Waals surface area contributed by atoms with Crippen molar-refractivity contribution in [3.63, 3.8) is 0 Å². The van der Waals surface area contributed by atoms with Crippen molar-refractivity contribution in [1.82, 2.24) is 0 Å². The number of aliphatic hydroxyl groups is 3. The highest BCUT2D eigenvalue weighted by molar-refractivity contribution is 6.30. The van der Waals surface area contributed by atoms with E-state index in [0.29, 0.717) is 10.8 Å². The SMILES string of the molecule is C[C@@H]1O[C@H](Oc2ccc(Cl)cc2)[C@H](O)[C@H](O)[C@H]1O. The van der Waals surface area contributed by atoms with E-state index in [9.17, 15) is 15.3 Å². The van der Waals surface area contributed by atoms with E-state index < -0.39 is 30.7 Å². The molecule has 0 unspecified atom stereocenters. The molecule has 0 radical (unpaired) electrons. The zero-order valence-electron chi connectivity index (χ0n) is 9.73. The molecule has 1 aliphatic rings. The summed E-state index contributed by atoms with van der Waals surface area (Å²) in [6.45, 7) is 1.60. The lowest BCUT2D eigenvalue weighted by Gasteiger charge is -2.38. The van der Waals surface area contributed by atoms with Gasteiger partial charge in [0.2, 0.25) is 6.29 Å². The van der Waals surface area contributed by atoms with Gasteiger partial charge in [-0.2, -0.15) is 0 Å². The minimum absolute atomic E-state index is 0.458. The Labute approximate surface area is 110 Å². The first-order chi connectivity index (χ1) is 8.49. The van der Waals surface area contributed by atoms with Gasteiger partial charge >= 0.3 is 0 Å². The Morgan fingerprint density at radius 1 is 1.06 bits per heavy atom. The van der Waals surface area contributed by atoms with E-state index in [1.54, 1.807) is 31.2 Å². The van der Waals surface area contributed by atoms with E-state index in [1.165, 1.54) is 0 Å². The van der Waals surface area contributed by atoms with E-state index in [4.69, 9.17) is 21.1 Å². The van der Waals surface area contributed by atoms with Crippen molar-refractivity contribution in [2.24, 2.45) is 0 Å². The molecule has 0 bridgehead atoms. The summed E-state index contributed by atoms with van der Waals surface area (Å²) in [5.74, 6) is 0.458. The number of aliphatic hydroxyl groups excluding tert-OH is 3. The average molecular weight is 275 g/mol. The molecule has 1 saturated heterocycles. The number of hydrogen-bond donors (Lipinski definition) is 3. The number of ether oxygens (including phenoxy) is 2. The van der Waals surface area contributed by atoms with Crippen LogP contribution in [0.1, 0.15) is 6.92 Å². The van der Waals surface area contributed by atoms with Crippen LogP contribution >= 0.6 is 11.6 Å². The normalized spacial score (nSPS) is 36.4. The lowest BCUT2D eigenvalue weighted by Crippen LogP contribution is -2.58. The zero-order chi connectivity index (χ0) is 13.3. The first-order valence-corrected chi connectivity index (χ1v) is 5.98. The Bertz CT molecular complexity index is 396. The van der Waals surface area contributed by atoms with Gasteiger partial charge in [-0.25, -0.2) is 0 Å². The van der Waals surface area contributed by atoms with Crippen molar-refractivity contribution >= 4 is 11.6 Å². The van der Waals surface area contributed by atoms with Gasteiger partial charge in [0.25, 0.3) is 0 Å². The van der Waals surface area contributed by atoms with Crippen molar-refractivity contribution < 1.29 is 24.8 Å². The second-order valence-corrected chi connectivity index (χ2v) is 4.69. The Hall–Kier alpha value is -0.850. The summed E-state index contributed by atoms with van der Waals surface area (Å²) in [5, 5.41) is 29.5. The average Bonchev–Trinajstić information content (AvgIpc) is 2.36. The van der Waals surface area contributed by atoms with Gasteiger partial charge in [0, 0.05) is 5.02 Å². The van der Waals surface area contributed by atoms with Crippen molar-refractivity contribution in [3.8, 4) is 5.75 Å². The van der Waals surface area contributed by atoms with Crippen LogP contribution in [-0.2, 0) is 4.74 Å². The minimum atomic E-state index is -1.31. The van der Waals surface area contributed by atoms with Crippen LogP contribution in [0.4, 0.5) is 0 Å². The molecule has 0 aliphatic carbocycles. The lowest BCUT2D eigenvalue weighted by molar-refractivity contribution is -0.268. The highest BCUT2D eigenvalue weighted by Crippen LogP contribution is 2.24. The zero-order valence-corrected chi connectivity index (χ0v) is 10.5. The third-order valence-electron chi connectivity index (χ3n) is 2.87. The molecular formula is C12H15ClO5. The van der Waals surface area contributed by atoms with Crippen molar-refractivity contribution in [3.05, 3.63) is 29.3 Å². The van der Waals surface area contributed by atoms with Gasteiger partial charge in [-0.1, -0.05) is 11.6 Å². The predicted octanol–water partition coefficient (Wildman–Crippen LogP) is 0.546.